The lowest BCUT2D eigenvalue weighted by atomic mass is 9.92. The molecule has 1 aromatic carbocycles. The summed E-state index contributed by atoms with van der Waals surface area (Å²) >= 11 is 0. The van der Waals surface area contributed by atoms with Gasteiger partial charge < -0.3 is 10.1 Å². The van der Waals surface area contributed by atoms with Crippen molar-refractivity contribution < 1.29 is 17.9 Å². The van der Waals surface area contributed by atoms with Crippen molar-refractivity contribution in [1.82, 2.24) is 5.32 Å². The highest BCUT2D eigenvalue weighted by Crippen LogP contribution is 2.24. The zero-order valence-corrected chi connectivity index (χ0v) is 12.8. The fourth-order valence-electron chi connectivity index (χ4n) is 2.42. The van der Waals surface area contributed by atoms with E-state index >= 15 is 0 Å². The molecule has 1 N–H and O–H groups in total. The van der Waals surface area contributed by atoms with E-state index < -0.39 is 6.36 Å². The van der Waals surface area contributed by atoms with E-state index in [-0.39, 0.29) is 5.75 Å². The van der Waals surface area contributed by atoms with Crippen LogP contribution in [-0.2, 0) is 6.42 Å². The third kappa shape index (κ3) is 6.85. The first-order valence-corrected chi connectivity index (χ1v) is 7.43. The van der Waals surface area contributed by atoms with Gasteiger partial charge in [-0.2, -0.15) is 0 Å². The molecule has 2 unspecified atom stereocenters. The summed E-state index contributed by atoms with van der Waals surface area (Å²) in [7, 11) is 0. The second kappa shape index (κ2) is 8.27. The lowest BCUT2D eigenvalue weighted by Gasteiger charge is -2.24. The van der Waals surface area contributed by atoms with Crippen molar-refractivity contribution in [3.8, 4) is 5.75 Å². The largest absolute Gasteiger partial charge is 0.573 e. The van der Waals surface area contributed by atoms with Gasteiger partial charge in [0.15, 0.2) is 0 Å². The van der Waals surface area contributed by atoms with Crippen LogP contribution in [0.4, 0.5) is 13.2 Å². The predicted molar refractivity (Wildman–Crippen MR) is 78.4 cm³/mol. The fourth-order valence-corrected chi connectivity index (χ4v) is 2.42. The second-order valence-corrected chi connectivity index (χ2v) is 5.34. The van der Waals surface area contributed by atoms with E-state index in [1.807, 2.05) is 0 Å². The molecule has 1 aromatic rings. The van der Waals surface area contributed by atoms with E-state index in [0.717, 1.165) is 31.4 Å². The van der Waals surface area contributed by atoms with Gasteiger partial charge in [-0.05, 0) is 49.4 Å². The predicted octanol–water partition coefficient (Wildman–Crippen LogP) is 4.54. The maximum atomic E-state index is 12.1. The zero-order valence-electron chi connectivity index (χ0n) is 12.8. The van der Waals surface area contributed by atoms with E-state index in [1.165, 1.54) is 12.1 Å². The van der Waals surface area contributed by atoms with Gasteiger partial charge in [-0.25, -0.2) is 0 Å². The summed E-state index contributed by atoms with van der Waals surface area (Å²) in [6.45, 7) is 7.42. The van der Waals surface area contributed by atoms with Gasteiger partial charge in [0.1, 0.15) is 5.75 Å². The zero-order chi connectivity index (χ0) is 15.9. The molecule has 21 heavy (non-hydrogen) atoms. The van der Waals surface area contributed by atoms with Crippen molar-refractivity contribution in [1.29, 1.82) is 0 Å². The highest BCUT2D eigenvalue weighted by Gasteiger charge is 2.30. The Labute approximate surface area is 124 Å². The highest BCUT2D eigenvalue weighted by atomic mass is 19.4. The van der Waals surface area contributed by atoms with Crippen LogP contribution in [0.15, 0.2) is 24.3 Å². The third-order valence-electron chi connectivity index (χ3n) is 3.50. The lowest BCUT2D eigenvalue weighted by Crippen LogP contribution is -2.35. The molecule has 120 valence electrons. The van der Waals surface area contributed by atoms with E-state index in [2.05, 4.69) is 30.8 Å². The molecule has 0 aliphatic carbocycles. The molecular weight excluding hydrogens is 279 g/mol. The van der Waals surface area contributed by atoms with E-state index in [9.17, 15) is 13.2 Å². The van der Waals surface area contributed by atoms with Crippen molar-refractivity contribution in [2.75, 3.05) is 6.54 Å². The standard InChI is InChI=1S/C16H24F3NO/c1-4-10-20-15(5-2)12(3)11-13-6-8-14(9-7-13)21-16(17,18)19/h6-9,12,15,20H,4-5,10-11H2,1-3H3. The first-order valence-electron chi connectivity index (χ1n) is 7.43. The van der Waals surface area contributed by atoms with Gasteiger partial charge in [-0.3, -0.25) is 0 Å². The van der Waals surface area contributed by atoms with E-state index in [1.54, 1.807) is 12.1 Å². The van der Waals surface area contributed by atoms with Crippen LogP contribution >= 0.6 is 0 Å². The number of rotatable bonds is 8. The normalized spacial score (nSPS) is 14.8. The number of hydrogen-bond acceptors (Lipinski definition) is 2. The highest BCUT2D eigenvalue weighted by molar-refractivity contribution is 5.27. The summed E-state index contributed by atoms with van der Waals surface area (Å²) in [6.07, 6.45) is -1.67. The molecular formula is C16H24F3NO. The first-order chi connectivity index (χ1) is 9.85. The molecule has 0 saturated heterocycles. The van der Waals surface area contributed by atoms with E-state index in [4.69, 9.17) is 0 Å². The molecule has 2 atom stereocenters. The first kappa shape index (κ1) is 17.8. The van der Waals surface area contributed by atoms with Crippen LogP contribution < -0.4 is 10.1 Å². The minimum Gasteiger partial charge on any atom is -0.406 e. The van der Waals surface area contributed by atoms with Crippen molar-refractivity contribution in [3.05, 3.63) is 29.8 Å². The molecule has 2 nitrogen and oxygen atoms in total. The molecule has 1 rings (SSSR count). The van der Waals surface area contributed by atoms with Gasteiger partial charge in [0.25, 0.3) is 0 Å². The molecule has 0 amide bonds. The average Bonchev–Trinajstić information content (AvgIpc) is 2.40. The Bertz CT molecular complexity index is 403. The monoisotopic (exact) mass is 303 g/mol. The van der Waals surface area contributed by atoms with Crippen molar-refractivity contribution >= 4 is 0 Å². The van der Waals surface area contributed by atoms with Gasteiger partial charge in [-0.15, -0.1) is 13.2 Å². The van der Waals surface area contributed by atoms with E-state index in [0.29, 0.717) is 12.0 Å². The average molecular weight is 303 g/mol. The van der Waals surface area contributed by atoms with Gasteiger partial charge in [0.05, 0.1) is 0 Å². The maximum absolute atomic E-state index is 12.1. The molecule has 0 saturated carbocycles. The second-order valence-electron chi connectivity index (χ2n) is 5.34. The Morgan fingerprint density at radius 1 is 1.14 bits per heavy atom. The van der Waals surface area contributed by atoms with Crippen LogP contribution in [-0.4, -0.2) is 18.9 Å². The summed E-state index contributed by atoms with van der Waals surface area (Å²) in [5, 5.41) is 3.51. The van der Waals surface area contributed by atoms with Gasteiger partial charge in [-0.1, -0.05) is 32.9 Å². The molecule has 0 aromatic heterocycles. The molecule has 0 fully saturated rings. The molecule has 0 aliphatic rings. The van der Waals surface area contributed by atoms with Crippen molar-refractivity contribution in [3.63, 3.8) is 0 Å². The Hall–Kier alpha value is -1.23. The Morgan fingerprint density at radius 3 is 2.24 bits per heavy atom. The van der Waals surface area contributed by atoms with Crippen LogP contribution in [0.3, 0.4) is 0 Å². The number of hydrogen-bond donors (Lipinski definition) is 1. The minimum absolute atomic E-state index is 0.171. The Balaban J connectivity index is 2.57. The maximum Gasteiger partial charge on any atom is 0.573 e. The number of alkyl halides is 3. The summed E-state index contributed by atoms with van der Waals surface area (Å²) in [6, 6.07) is 6.57. The molecule has 0 radical (unpaired) electrons. The smallest absolute Gasteiger partial charge is 0.406 e. The minimum atomic E-state index is -4.63. The van der Waals surface area contributed by atoms with Gasteiger partial charge in [0, 0.05) is 6.04 Å². The summed E-state index contributed by atoms with van der Waals surface area (Å²) in [5.74, 6) is 0.256. The van der Waals surface area contributed by atoms with Crippen LogP contribution in [0, 0.1) is 5.92 Å². The van der Waals surface area contributed by atoms with Crippen LogP contribution in [0.25, 0.3) is 0 Å². The van der Waals surface area contributed by atoms with Gasteiger partial charge in [0.2, 0.25) is 0 Å². The topological polar surface area (TPSA) is 21.3 Å². The molecule has 0 aliphatic heterocycles. The van der Waals surface area contributed by atoms with Crippen LogP contribution in [0.2, 0.25) is 0 Å². The summed E-state index contributed by atoms with van der Waals surface area (Å²) < 4.78 is 40.1. The number of benzene rings is 1. The fraction of sp³-hybridized carbons (Fsp3) is 0.625. The lowest BCUT2D eigenvalue weighted by molar-refractivity contribution is -0.274. The Morgan fingerprint density at radius 2 is 1.76 bits per heavy atom. The molecule has 0 bridgehead atoms. The number of halogens is 3. The van der Waals surface area contributed by atoms with Crippen LogP contribution in [0.5, 0.6) is 5.75 Å². The number of nitrogens with one attached hydrogen (secondary N) is 1. The Kier molecular flexibility index (Phi) is 7.02. The summed E-state index contributed by atoms with van der Waals surface area (Å²) in [5.41, 5.74) is 1.02. The van der Waals surface area contributed by atoms with Crippen molar-refractivity contribution in [2.24, 2.45) is 5.92 Å². The third-order valence-corrected chi connectivity index (χ3v) is 3.50. The quantitative estimate of drug-likeness (QED) is 0.761. The van der Waals surface area contributed by atoms with Crippen LogP contribution in [0.1, 0.15) is 39.2 Å². The molecule has 5 heteroatoms. The summed E-state index contributed by atoms with van der Waals surface area (Å²) in [4.78, 5) is 0. The number of ether oxygens (including phenoxy) is 1. The molecule has 0 spiro atoms. The SMILES string of the molecule is CCCNC(CC)C(C)Cc1ccc(OC(F)(F)F)cc1. The van der Waals surface area contributed by atoms with Crippen molar-refractivity contribution in [2.45, 2.75) is 52.4 Å². The van der Waals surface area contributed by atoms with Gasteiger partial charge >= 0.3 is 6.36 Å². The molecule has 0 heterocycles.